The van der Waals surface area contributed by atoms with Crippen LogP contribution in [-0.2, 0) is 17.8 Å². The lowest BCUT2D eigenvalue weighted by molar-refractivity contribution is 0.0534. The van der Waals surface area contributed by atoms with Gasteiger partial charge in [-0.25, -0.2) is 0 Å². The average Bonchev–Trinajstić information content (AvgIpc) is 3.27. The molecular formula is C26H34N2O5. The Morgan fingerprint density at radius 1 is 0.909 bits per heavy atom. The largest absolute Gasteiger partial charge is 0.497 e. The summed E-state index contributed by atoms with van der Waals surface area (Å²) in [5.74, 6) is 2.32. The third kappa shape index (κ3) is 7.82. The van der Waals surface area contributed by atoms with Crippen LogP contribution in [0, 0.1) is 0 Å². The van der Waals surface area contributed by atoms with Gasteiger partial charge in [0.2, 0.25) is 0 Å². The molecule has 0 aliphatic heterocycles. The van der Waals surface area contributed by atoms with Gasteiger partial charge in [0, 0.05) is 45.2 Å². The number of rotatable bonds is 14. The van der Waals surface area contributed by atoms with Crippen molar-refractivity contribution in [1.29, 1.82) is 0 Å². The number of methoxy groups -OCH3 is 3. The van der Waals surface area contributed by atoms with Gasteiger partial charge in [-0.2, -0.15) is 0 Å². The molecule has 178 valence electrons. The Morgan fingerprint density at radius 2 is 1.67 bits per heavy atom. The molecule has 0 aliphatic rings. The molecule has 0 bridgehead atoms. The van der Waals surface area contributed by atoms with E-state index in [-0.39, 0.29) is 6.61 Å². The van der Waals surface area contributed by atoms with Crippen molar-refractivity contribution in [3.8, 4) is 17.2 Å². The molecular weight excluding hydrogens is 420 g/mol. The third-order valence-electron chi connectivity index (χ3n) is 5.38. The molecule has 0 saturated carbocycles. The fraction of sp³-hybridized carbons (Fsp3) is 0.385. The number of benzene rings is 2. The van der Waals surface area contributed by atoms with Gasteiger partial charge in [0.05, 0.1) is 20.8 Å². The Hall–Kier alpha value is -3.00. The van der Waals surface area contributed by atoms with Crippen molar-refractivity contribution in [3.63, 3.8) is 0 Å². The molecule has 1 aromatic heterocycles. The van der Waals surface area contributed by atoms with E-state index in [1.54, 1.807) is 21.3 Å². The van der Waals surface area contributed by atoms with Crippen molar-refractivity contribution in [2.45, 2.75) is 19.2 Å². The van der Waals surface area contributed by atoms with Crippen LogP contribution in [0.25, 0.3) is 0 Å². The van der Waals surface area contributed by atoms with Gasteiger partial charge in [0.1, 0.15) is 30.0 Å². The summed E-state index contributed by atoms with van der Waals surface area (Å²) in [6, 6.07) is 19.6. The molecule has 0 amide bonds. The lowest BCUT2D eigenvalue weighted by atomic mass is 10.2. The Labute approximate surface area is 196 Å². The molecule has 0 radical (unpaired) electrons. The van der Waals surface area contributed by atoms with Crippen molar-refractivity contribution >= 4 is 0 Å². The number of ether oxygens (including phenoxy) is 4. The SMILES string of the molecule is COCCN(Cc1cccn1Cc1cccc(OC)c1)CC(O)COc1ccc(OC)cc1. The molecule has 0 fully saturated rings. The predicted octanol–water partition coefficient (Wildman–Crippen LogP) is 3.44. The predicted molar refractivity (Wildman–Crippen MR) is 128 cm³/mol. The summed E-state index contributed by atoms with van der Waals surface area (Å²) in [6.07, 6.45) is 1.44. The molecule has 3 aromatic rings. The lowest BCUT2D eigenvalue weighted by Crippen LogP contribution is -2.37. The van der Waals surface area contributed by atoms with Crippen molar-refractivity contribution in [2.75, 3.05) is 47.6 Å². The van der Waals surface area contributed by atoms with Crippen LogP contribution in [0.15, 0.2) is 66.9 Å². The maximum Gasteiger partial charge on any atom is 0.119 e. The summed E-state index contributed by atoms with van der Waals surface area (Å²) in [5, 5.41) is 10.6. The number of hydrogen-bond acceptors (Lipinski definition) is 6. The topological polar surface area (TPSA) is 65.3 Å². The highest BCUT2D eigenvalue weighted by Gasteiger charge is 2.15. The summed E-state index contributed by atoms with van der Waals surface area (Å²) in [6.45, 7) is 3.42. The maximum atomic E-state index is 10.6. The number of hydrogen-bond donors (Lipinski definition) is 1. The van der Waals surface area contributed by atoms with Gasteiger partial charge < -0.3 is 28.6 Å². The van der Waals surface area contributed by atoms with E-state index < -0.39 is 6.10 Å². The Bertz CT molecular complexity index is 957. The van der Waals surface area contributed by atoms with Crippen molar-refractivity contribution < 1.29 is 24.1 Å². The molecule has 2 aromatic carbocycles. The van der Waals surface area contributed by atoms with Gasteiger partial charge in [-0.05, 0) is 54.1 Å². The zero-order valence-corrected chi connectivity index (χ0v) is 19.6. The van der Waals surface area contributed by atoms with Gasteiger partial charge in [0.15, 0.2) is 0 Å². The number of aliphatic hydroxyl groups excluding tert-OH is 1. The van der Waals surface area contributed by atoms with E-state index in [4.69, 9.17) is 18.9 Å². The van der Waals surface area contributed by atoms with E-state index >= 15 is 0 Å². The van der Waals surface area contributed by atoms with Gasteiger partial charge in [-0.3, -0.25) is 4.90 Å². The monoisotopic (exact) mass is 454 g/mol. The molecule has 3 rings (SSSR count). The number of aliphatic hydroxyl groups is 1. The number of aromatic nitrogens is 1. The van der Waals surface area contributed by atoms with Gasteiger partial charge >= 0.3 is 0 Å². The first-order chi connectivity index (χ1) is 16.1. The second-order valence-corrected chi connectivity index (χ2v) is 7.85. The summed E-state index contributed by atoms with van der Waals surface area (Å²) in [7, 11) is 4.99. The molecule has 1 unspecified atom stereocenters. The molecule has 0 spiro atoms. The van der Waals surface area contributed by atoms with Crippen LogP contribution in [0.4, 0.5) is 0 Å². The minimum atomic E-state index is -0.634. The quantitative estimate of drug-likeness (QED) is 0.403. The highest BCUT2D eigenvalue weighted by atomic mass is 16.5. The second-order valence-electron chi connectivity index (χ2n) is 7.85. The summed E-state index contributed by atoms with van der Waals surface area (Å²) < 4.78 is 23.8. The normalized spacial score (nSPS) is 12.0. The van der Waals surface area contributed by atoms with E-state index in [9.17, 15) is 5.11 Å². The van der Waals surface area contributed by atoms with Crippen molar-refractivity contribution in [2.24, 2.45) is 0 Å². The fourth-order valence-electron chi connectivity index (χ4n) is 3.61. The van der Waals surface area contributed by atoms with E-state index in [0.29, 0.717) is 32.0 Å². The molecule has 1 heterocycles. The Morgan fingerprint density at radius 3 is 2.39 bits per heavy atom. The fourth-order valence-corrected chi connectivity index (χ4v) is 3.61. The maximum absolute atomic E-state index is 10.6. The summed E-state index contributed by atoms with van der Waals surface area (Å²) >= 11 is 0. The Balaban J connectivity index is 1.59. The third-order valence-corrected chi connectivity index (χ3v) is 5.38. The Kier molecular flexibility index (Phi) is 9.62. The van der Waals surface area contributed by atoms with Gasteiger partial charge in [-0.15, -0.1) is 0 Å². The van der Waals surface area contributed by atoms with Crippen LogP contribution in [0.5, 0.6) is 17.2 Å². The van der Waals surface area contributed by atoms with Crippen molar-refractivity contribution in [1.82, 2.24) is 9.47 Å². The first kappa shape index (κ1) is 24.6. The molecule has 0 saturated heterocycles. The van der Waals surface area contributed by atoms with E-state index in [1.165, 1.54) is 5.56 Å². The highest BCUT2D eigenvalue weighted by Crippen LogP contribution is 2.18. The van der Waals surface area contributed by atoms with Crippen LogP contribution in [-0.4, -0.2) is 68.3 Å². The van der Waals surface area contributed by atoms with E-state index in [0.717, 1.165) is 23.7 Å². The van der Waals surface area contributed by atoms with Gasteiger partial charge in [0.25, 0.3) is 0 Å². The van der Waals surface area contributed by atoms with Crippen LogP contribution < -0.4 is 14.2 Å². The number of nitrogens with zero attached hydrogens (tertiary/aromatic N) is 2. The highest BCUT2D eigenvalue weighted by molar-refractivity contribution is 5.31. The van der Waals surface area contributed by atoms with E-state index in [2.05, 4.69) is 27.8 Å². The molecule has 7 nitrogen and oxygen atoms in total. The van der Waals surface area contributed by atoms with Crippen LogP contribution >= 0.6 is 0 Å². The standard InChI is InChI=1S/C26H34N2O5/c1-30-15-14-27(19-23(29)20-33-25-11-9-24(31-2)10-12-25)18-22-7-5-13-28(22)17-21-6-4-8-26(16-21)32-3/h4-13,16,23,29H,14-15,17-20H2,1-3H3. The first-order valence-electron chi connectivity index (χ1n) is 11.0. The molecule has 7 heteroatoms. The van der Waals surface area contributed by atoms with E-state index in [1.807, 2.05) is 48.5 Å². The van der Waals surface area contributed by atoms with Crippen LogP contribution in [0.3, 0.4) is 0 Å². The smallest absolute Gasteiger partial charge is 0.119 e. The van der Waals surface area contributed by atoms with Crippen molar-refractivity contribution in [3.05, 3.63) is 78.1 Å². The summed E-state index contributed by atoms with van der Waals surface area (Å²) in [5.41, 5.74) is 2.33. The summed E-state index contributed by atoms with van der Waals surface area (Å²) in [4.78, 5) is 2.18. The molecule has 0 aliphatic carbocycles. The second kappa shape index (κ2) is 12.9. The van der Waals surface area contributed by atoms with Crippen LogP contribution in [0.1, 0.15) is 11.3 Å². The molecule has 1 atom stereocenters. The average molecular weight is 455 g/mol. The molecule has 33 heavy (non-hydrogen) atoms. The molecule has 1 N–H and O–H groups in total. The minimum Gasteiger partial charge on any atom is -0.497 e. The first-order valence-corrected chi connectivity index (χ1v) is 11.0. The van der Waals surface area contributed by atoms with Gasteiger partial charge in [-0.1, -0.05) is 12.1 Å². The van der Waals surface area contributed by atoms with Crippen LogP contribution in [0.2, 0.25) is 0 Å². The zero-order chi connectivity index (χ0) is 23.5. The zero-order valence-electron chi connectivity index (χ0n) is 19.6. The minimum absolute atomic E-state index is 0.209. The lowest BCUT2D eigenvalue weighted by Gasteiger charge is -2.25.